The Morgan fingerprint density at radius 2 is 2.22 bits per heavy atom. The zero-order chi connectivity index (χ0) is 13.2. The fraction of sp³-hybridized carbons (Fsp3) is 1.00. The summed E-state index contributed by atoms with van der Waals surface area (Å²) in [4.78, 5) is 0. The Morgan fingerprint density at radius 1 is 1.44 bits per heavy atom. The third kappa shape index (κ3) is 3.42. The van der Waals surface area contributed by atoms with Gasteiger partial charge in [-0.3, -0.25) is 0 Å². The number of hydrogen-bond acceptors (Lipinski definition) is 5. The lowest BCUT2D eigenvalue weighted by Gasteiger charge is -2.35. The number of morpholine rings is 1. The highest BCUT2D eigenvalue weighted by Gasteiger charge is 2.34. The van der Waals surface area contributed by atoms with E-state index >= 15 is 0 Å². The summed E-state index contributed by atoms with van der Waals surface area (Å²) in [5.74, 6) is 0.151. The lowest BCUT2D eigenvalue weighted by molar-refractivity contribution is -0.0750. The Bertz CT molecular complexity index is 367. The largest absolute Gasteiger partial charge is 0.394 e. The fourth-order valence-electron chi connectivity index (χ4n) is 2.59. The van der Waals surface area contributed by atoms with Crippen molar-refractivity contribution in [1.82, 2.24) is 9.62 Å². The molecule has 7 heteroatoms. The quantitative estimate of drug-likeness (QED) is 0.700. The van der Waals surface area contributed by atoms with Gasteiger partial charge in [0.2, 0.25) is 10.0 Å². The van der Waals surface area contributed by atoms with Gasteiger partial charge in [0.25, 0.3) is 0 Å². The predicted octanol–water partition coefficient (Wildman–Crippen LogP) is -0.850. The summed E-state index contributed by atoms with van der Waals surface area (Å²) in [6.07, 6.45) is 1.39. The molecule has 0 aliphatic carbocycles. The lowest BCUT2D eigenvalue weighted by atomic mass is 10.2. The second kappa shape index (κ2) is 5.83. The minimum atomic E-state index is -3.26. The van der Waals surface area contributed by atoms with Gasteiger partial charge in [-0.2, -0.15) is 4.31 Å². The molecule has 6 nitrogen and oxygen atoms in total. The highest BCUT2D eigenvalue weighted by molar-refractivity contribution is 7.89. The van der Waals surface area contributed by atoms with E-state index in [1.54, 1.807) is 0 Å². The molecule has 3 unspecified atom stereocenters. The normalized spacial score (nSPS) is 34.9. The molecule has 0 aromatic carbocycles. The molecule has 2 N–H and O–H groups in total. The van der Waals surface area contributed by atoms with Gasteiger partial charge in [0.15, 0.2) is 0 Å². The summed E-state index contributed by atoms with van der Waals surface area (Å²) < 4.78 is 31.5. The van der Waals surface area contributed by atoms with Crippen LogP contribution in [0.2, 0.25) is 0 Å². The average Bonchev–Trinajstić information content (AvgIpc) is 2.80. The van der Waals surface area contributed by atoms with Crippen LogP contribution >= 0.6 is 0 Å². The first-order valence-electron chi connectivity index (χ1n) is 6.49. The Kier molecular flexibility index (Phi) is 4.60. The van der Waals surface area contributed by atoms with Gasteiger partial charge in [-0.25, -0.2) is 8.42 Å². The minimum Gasteiger partial charge on any atom is -0.394 e. The van der Waals surface area contributed by atoms with E-state index in [0.717, 1.165) is 19.4 Å². The van der Waals surface area contributed by atoms with Crippen LogP contribution in [0.25, 0.3) is 0 Å². The average molecular weight is 278 g/mol. The first-order valence-corrected chi connectivity index (χ1v) is 8.09. The number of nitrogens with zero attached hydrogens (tertiary/aromatic N) is 1. The third-order valence-corrected chi connectivity index (χ3v) is 5.37. The fourth-order valence-corrected chi connectivity index (χ4v) is 4.42. The van der Waals surface area contributed by atoms with Crippen LogP contribution in [-0.2, 0) is 14.8 Å². The van der Waals surface area contributed by atoms with Crippen molar-refractivity contribution in [3.05, 3.63) is 0 Å². The van der Waals surface area contributed by atoms with Gasteiger partial charge in [-0.15, -0.1) is 0 Å². The van der Waals surface area contributed by atoms with Gasteiger partial charge >= 0.3 is 0 Å². The van der Waals surface area contributed by atoms with E-state index in [0.29, 0.717) is 6.54 Å². The standard InChI is InChI=1S/C11H22N2O4S/c1-9-5-13(6-11(7-14)17-9)18(15,16)8-10-3-2-4-12-10/h9-12,14H,2-8H2,1H3. The van der Waals surface area contributed by atoms with Crippen molar-refractivity contribution in [3.63, 3.8) is 0 Å². The third-order valence-electron chi connectivity index (χ3n) is 3.46. The Balaban J connectivity index is 1.99. The van der Waals surface area contributed by atoms with Crippen molar-refractivity contribution in [3.8, 4) is 0 Å². The summed E-state index contributed by atoms with van der Waals surface area (Å²) in [5, 5.41) is 12.3. The maximum Gasteiger partial charge on any atom is 0.215 e. The van der Waals surface area contributed by atoms with Crippen molar-refractivity contribution in [2.45, 2.75) is 38.0 Å². The zero-order valence-corrected chi connectivity index (χ0v) is 11.5. The molecule has 0 saturated carbocycles. The molecule has 0 radical (unpaired) electrons. The van der Waals surface area contributed by atoms with E-state index in [1.807, 2.05) is 6.92 Å². The molecule has 0 aromatic rings. The number of aliphatic hydroxyl groups is 1. The monoisotopic (exact) mass is 278 g/mol. The molecule has 106 valence electrons. The summed E-state index contributed by atoms with van der Waals surface area (Å²) >= 11 is 0. The Labute approximate surface area is 108 Å². The molecule has 2 aliphatic heterocycles. The zero-order valence-electron chi connectivity index (χ0n) is 10.7. The second-order valence-electron chi connectivity index (χ2n) is 5.14. The number of nitrogens with one attached hydrogen (secondary N) is 1. The van der Waals surface area contributed by atoms with Gasteiger partial charge < -0.3 is 15.2 Å². The molecule has 2 heterocycles. The number of rotatable bonds is 4. The van der Waals surface area contributed by atoms with Crippen molar-refractivity contribution in [2.75, 3.05) is 32.0 Å². The maximum atomic E-state index is 12.3. The van der Waals surface area contributed by atoms with Crippen LogP contribution in [0, 0.1) is 0 Å². The first kappa shape index (κ1) is 14.2. The van der Waals surface area contributed by atoms with Gasteiger partial charge in [-0.05, 0) is 26.3 Å². The lowest BCUT2D eigenvalue weighted by Crippen LogP contribution is -2.52. The van der Waals surface area contributed by atoms with E-state index in [-0.39, 0.29) is 31.1 Å². The number of ether oxygens (including phenoxy) is 1. The van der Waals surface area contributed by atoms with Crippen LogP contribution in [0.15, 0.2) is 0 Å². The summed E-state index contributed by atoms with van der Waals surface area (Å²) in [6.45, 7) is 3.23. The maximum absolute atomic E-state index is 12.3. The van der Waals surface area contributed by atoms with E-state index in [1.165, 1.54) is 4.31 Å². The molecule has 0 bridgehead atoms. The molecule has 18 heavy (non-hydrogen) atoms. The molecule has 2 saturated heterocycles. The van der Waals surface area contributed by atoms with Crippen LogP contribution < -0.4 is 5.32 Å². The summed E-state index contributed by atoms with van der Waals surface area (Å²) in [6, 6.07) is 0.0701. The van der Waals surface area contributed by atoms with Gasteiger partial charge in [0.05, 0.1) is 24.6 Å². The number of aliphatic hydroxyl groups excluding tert-OH is 1. The minimum absolute atomic E-state index is 0.0701. The number of sulfonamides is 1. The molecule has 0 amide bonds. The van der Waals surface area contributed by atoms with Crippen LogP contribution in [0.4, 0.5) is 0 Å². The number of hydrogen-bond donors (Lipinski definition) is 2. The van der Waals surface area contributed by atoms with Crippen LogP contribution in [0.1, 0.15) is 19.8 Å². The van der Waals surface area contributed by atoms with Crippen molar-refractivity contribution >= 4 is 10.0 Å². The molecule has 2 rings (SSSR count). The Hall–Kier alpha value is -0.210. The molecule has 2 aliphatic rings. The predicted molar refractivity (Wildman–Crippen MR) is 67.8 cm³/mol. The van der Waals surface area contributed by atoms with E-state index in [9.17, 15) is 8.42 Å². The van der Waals surface area contributed by atoms with Gasteiger partial charge in [0, 0.05) is 19.1 Å². The van der Waals surface area contributed by atoms with Crippen LogP contribution in [0.5, 0.6) is 0 Å². The van der Waals surface area contributed by atoms with Crippen molar-refractivity contribution in [2.24, 2.45) is 0 Å². The highest BCUT2D eigenvalue weighted by Crippen LogP contribution is 2.17. The molecule has 0 spiro atoms. The van der Waals surface area contributed by atoms with E-state index in [4.69, 9.17) is 9.84 Å². The Morgan fingerprint density at radius 3 is 2.83 bits per heavy atom. The second-order valence-corrected chi connectivity index (χ2v) is 7.15. The molecule has 0 aromatic heterocycles. The first-order chi connectivity index (χ1) is 8.51. The van der Waals surface area contributed by atoms with Crippen molar-refractivity contribution < 1.29 is 18.3 Å². The molecular weight excluding hydrogens is 256 g/mol. The van der Waals surface area contributed by atoms with Crippen molar-refractivity contribution in [1.29, 1.82) is 0 Å². The molecule has 3 atom stereocenters. The SMILES string of the molecule is CC1CN(S(=O)(=O)CC2CCCN2)CC(CO)O1. The van der Waals surface area contributed by atoms with Gasteiger partial charge in [-0.1, -0.05) is 0 Å². The molecule has 2 fully saturated rings. The summed E-state index contributed by atoms with van der Waals surface area (Å²) in [5.41, 5.74) is 0. The smallest absolute Gasteiger partial charge is 0.215 e. The van der Waals surface area contributed by atoms with Crippen LogP contribution in [-0.4, -0.2) is 68.1 Å². The van der Waals surface area contributed by atoms with E-state index < -0.39 is 16.1 Å². The van der Waals surface area contributed by atoms with Gasteiger partial charge in [0.1, 0.15) is 0 Å². The van der Waals surface area contributed by atoms with Crippen LogP contribution in [0.3, 0.4) is 0 Å². The summed E-state index contributed by atoms with van der Waals surface area (Å²) in [7, 11) is -3.26. The topological polar surface area (TPSA) is 78.9 Å². The highest BCUT2D eigenvalue weighted by atomic mass is 32.2. The van der Waals surface area contributed by atoms with E-state index in [2.05, 4.69) is 5.32 Å². The molecular formula is C11H22N2O4S.